The Bertz CT molecular complexity index is 28.6. The van der Waals surface area contributed by atoms with Crippen LogP contribution in [0.5, 0.6) is 0 Å². The molecule has 1 aliphatic rings. The summed E-state index contributed by atoms with van der Waals surface area (Å²) in [4.78, 5) is 0. The van der Waals surface area contributed by atoms with Gasteiger partial charge in [-0.1, -0.05) is 34.1 Å². The Hall–Kier alpha value is -0.0400. The van der Waals surface area contributed by atoms with Crippen LogP contribution in [0.3, 0.4) is 0 Å². The quantitative estimate of drug-likeness (QED) is 0.526. The lowest BCUT2D eigenvalue weighted by Gasteiger charge is -2.08. The molecule has 0 atom stereocenters. The summed E-state index contributed by atoms with van der Waals surface area (Å²) in [6.45, 7) is 10.2. The minimum atomic E-state index is 1.00. The zero-order valence-corrected chi connectivity index (χ0v) is 8.65. The van der Waals surface area contributed by atoms with Crippen LogP contribution in [0.25, 0.3) is 0 Å². The molecule has 0 aromatic carbocycles. The van der Waals surface area contributed by atoms with Crippen molar-refractivity contribution in [3.63, 3.8) is 0 Å². The molecule has 1 heteroatoms. The number of rotatable bonds is 0. The first kappa shape index (κ1) is 13.5. The minimum absolute atomic E-state index is 1.00. The lowest BCUT2D eigenvalue weighted by atomic mass is 10.2. The van der Waals surface area contributed by atoms with E-state index in [1.165, 1.54) is 25.7 Å². The molecule has 0 aliphatic carbocycles. The molecule has 1 fully saturated rings. The van der Waals surface area contributed by atoms with Gasteiger partial charge in [-0.05, 0) is 19.3 Å². The monoisotopic (exact) mass is 160 g/mol. The summed E-state index contributed by atoms with van der Waals surface area (Å²) >= 11 is 0. The Kier molecular flexibility index (Phi) is 20.3. The van der Waals surface area contributed by atoms with E-state index in [0.717, 1.165) is 13.2 Å². The van der Waals surface area contributed by atoms with Crippen molar-refractivity contribution < 1.29 is 4.74 Å². The Labute approximate surface area is 72.1 Å². The number of hydrogen-bond acceptors (Lipinski definition) is 1. The van der Waals surface area contributed by atoms with Crippen LogP contribution in [0.2, 0.25) is 0 Å². The summed E-state index contributed by atoms with van der Waals surface area (Å²) in [5, 5.41) is 0. The van der Waals surface area contributed by atoms with Crippen molar-refractivity contribution >= 4 is 0 Å². The van der Waals surface area contributed by atoms with Crippen molar-refractivity contribution in [2.24, 2.45) is 0 Å². The van der Waals surface area contributed by atoms with Crippen LogP contribution in [0.15, 0.2) is 0 Å². The van der Waals surface area contributed by atoms with Crippen LogP contribution in [0, 0.1) is 0 Å². The first-order chi connectivity index (χ1) is 5.41. The van der Waals surface area contributed by atoms with Gasteiger partial charge in [0.25, 0.3) is 0 Å². The van der Waals surface area contributed by atoms with E-state index in [-0.39, 0.29) is 0 Å². The third-order valence-corrected chi connectivity index (χ3v) is 1.08. The standard InChI is InChI=1S/C5H10O.C3H8.C2H6/c1-2-4-6-5-3-1;1-3-2;1-2/h1-5H2;3H2,1-2H3;1-2H3. The molecular weight excluding hydrogens is 136 g/mol. The van der Waals surface area contributed by atoms with E-state index in [4.69, 9.17) is 4.74 Å². The maximum atomic E-state index is 5.07. The largest absolute Gasteiger partial charge is 0.381 e. The van der Waals surface area contributed by atoms with E-state index < -0.39 is 0 Å². The van der Waals surface area contributed by atoms with Crippen LogP contribution in [0.4, 0.5) is 0 Å². The van der Waals surface area contributed by atoms with Gasteiger partial charge in [-0.25, -0.2) is 0 Å². The lowest BCUT2D eigenvalue weighted by Crippen LogP contribution is -2.03. The topological polar surface area (TPSA) is 9.23 Å². The average Bonchev–Trinajstić information content (AvgIpc) is 2.12. The summed E-state index contributed by atoms with van der Waals surface area (Å²) in [6, 6.07) is 0. The smallest absolute Gasteiger partial charge is 0.0466 e. The molecule has 0 radical (unpaired) electrons. The summed E-state index contributed by atoms with van der Waals surface area (Å²) < 4.78 is 5.07. The molecule has 1 aliphatic heterocycles. The van der Waals surface area contributed by atoms with Crippen molar-refractivity contribution in [2.45, 2.75) is 53.4 Å². The molecule has 1 nitrogen and oxygen atoms in total. The fourth-order valence-corrected chi connectivity index (χ4v) is 0.687. The van der Waals surface area contributed by atoms with Crippen LogP contribution < -0.4 is 0 Å². The highest BCUT2D eigenvalue weighted by atomic mass is 16.5. The zero-order chi connectivity index (χ0) is 8.95. The fraction of sp³-hybridized carbons (Fsp3) is 1.00. The Balaban J connectivity index is 0. The van der Waals surface area contributed by atoms with Crippen LogP contribution in [-0.2, 0) is 4.74 Å². The molecule has 0 bridgehead atoms. The molecule has 0 spiro atoms. The second-order valence-corrected chi connectivity index (χ2v) is 2.38. The molecule has 11 heavy (non-hydrogen) atoms. The Morgan fingerprint density at radius 1 is 0.909 bits per heavy atom. The number of ether oxygens (including phenoxy) is 1. The van der Waals surface area contributed by atoms with Crippen LogP contribution in [0.1, 0.15) is 53.4 Å². The predicted molar refractivity (Wildman–Crippen MR) is 52.0 cm³/mol. The normalized spacial score (nSPS) is 15.3. The molecule has 0 N–H and O–H groups in total. The van der Waals surface area contributed by atoms with Gasteiger partial charge in [-0.2, -0.15) is 0 Å². The molecule has 70 valence electrons. The van der Waals surface area contributed by atoms with E-state index in [1.54, 1.807) is 0 Å². The molecule has 1 saturated heterocycles. The first-order valence-electron chi connectivity index (χ1n) is 4.99. The molecule has 0 saturated carbocycles. The highest BCUT2D eigenvalue weighted by Gasteiger charge is 1.94. The Morgan fingerprint density at radius 3 is 1.36 bits per heavy atom. The summed E-state index contributed by atoms with van der Waals surface area (Å²) in [5.41, 5.74) is 0. The van der Waals surface area contributed by atoms with E-state index in [2.05, 4.69) is 13.8 Å². The SMILES string of the molecule is C1CCOCC1.CC.CCC. The first-order valence-corrected chi connectivity index (χ1v) is 4.99. The van der Waals surface area contributed by atoms with E-state index in [1.807, 2.05) is 13.8 Å². The summed E-state index contributed by atoms with van der Waals surface area (Å²) in [5.74, 6) is 0. The minimum Gasteiger partial charge on any atom is -0.381 e. The molecule has 0 aromatic heterocycles. The predicted octanol–water partition coefficient (Wildman–Crippen LogP) is 3.63. The summed E-state index contributed by atoms with van der Waals surface area (Å²) in [7, 11) is 0. The second-order valence-electron chi connectivity index (χ2n) is 2.38. The van der Waals surface area contributed by atoms with Crippen molar-refractivity contribution in [3.8, 4) is 0 Å². The van der Waals surface area contributed by atoms with Gasteiger partial charge in [0.1, 0.15) is 0 Å². The van der Waals surface area contributed by atoms with Gasteiger partial charge < -0.3 is 4.74 Å². The molecule has 1 heterocycles. The van der Waals surface area contributed by atoms with Gasteiger partial charge in [0, 0.05) is 13.2 Å². The fourth-order valence-electron chi connectivity index (χ4n) is 0.687. The van der Waals surface area contributed by atoms with Crippen molar-refractivity contribution in [2.75, 3.05) is 13.2 Å². The molecule has 0 unspecified atom stereocenters. The van der Waals surface area contributed by atoms with Gasteiger partial charge in [-0.3, -0.25) is 0 Å². The average molecular weight is 160 g/mol. The summed E-state index contributed by atoms with van der Waals surface area (Å²) in [6.07, 6.45) is 5.18. The Morgan fingerprint density at radius 2 is 1.27 bits per heavy atom. The lowest BCUT2D eigenvalue weighted by molar-refractivity contribution is 0.0968. The van der Waals surface area contributed by atoms with Gasteiger partial charge in [0.05, 0.1) is 0 Å². The number of hydrogen-bond donors (Lipinski definition) is 0. The second kappa shape index (κ2) is 16.5. The molecular formula is C10H24O. The highest BCUT2D eigenvalue weighted by Crippen LogP contribution is 2.02. The van der Waals surface area contributed by atoms with Crippen molar-refractivity contribution in [3.05, 3.63) is 0 Å². The third-order valence-electron chi connectivity index (χ3n) is 1.08. The van der Waals surface area contributed by atoms with E-state index in [9.17, 15) is 0 Å². The molecule has 0 aromatic rings. The maximum Gasteiger partial charge on any atom is 0.0466 e. The van der Waals surface area contributed by atoms with E-state index >= 15 is 0 Å². The van der Waals surface area contributed by atoms with Gasteiger partial charge in [0.2, 0.25) is 0 Å². The van der Waals surface area contributed by atoms with Crippen molar-refractivity contribution in [1.82, 2.24) is 0 Å². The highest BCUT2D eigenvalue weighted by molar-refractivity contribution is 4.45. The van der Waals surface area contributed by atoms with Gasteiger partial charge >= 0.3 is 0 Å². The van der Waals surface area contributed by atoms with Crippen molar-refractivity contribution in [1.29, 1.82) is 0 Å². The maximum absolute atomic E-state index is 5.07. The van der Waals surface area contributed by atoms with E-state index in [0.29, 0.717) is 0 Å². The van der Waals surface area contributed by atoms with Crippen LogP contribution >= 0.6 is 0 Å². The zero-order valence-electron chi connectivity index (χ0n) is 8.65. The van der Waals surface area contributed by atoms with Gasteiger partial charge in [-0.15, -0.1) is 0 Å². The third kappa shape index (κ3) is 17.8. The molecule has 0 amide bonds. The van der Waals surface area contributed by atoms with Crippen LogP contribution in [-0.4, -0.2) is 13.2 Å². The molecule has 1 rings (SSSR count). The van der Waals surface area contributed by atoms with Gasteiger partial charge in [0.15, 0.2) is 0 Å².